The zero-order chi connectivity index (χ0) is 18.5. The lowest BCUT2D eigenvalue weighted by Crippen LogP contribution is -2.60. The van der Waals surface area contributed by atoms with Crippen molar-refractivity contribution in [1.82, 2.24) is 14.5 Å². The maximum atomic E-state index is 12.8. The molecule has 4 amide bonds. The summed E-state index contributed by atoms with van der Waals surface area (Å²) in [6.45, 7) is -0.0192. The van der Waals surface area contributed by atoms with Crippen LogP contribution in [0, 0.1) is 0 Å². The largest absolute Gasteiger partial charge is 0.454 e. The van der Waals surface area contributed by atoms with Crippen molar-refractivity contribution in [2.24, 2.45) is 0 Å². The second-order valence-electron chi connectivity index (χ2n) is 6.64. The number of amides is 4. The van der Waals surface area contributed by atoms with E-state index in [1.807, 2.05) is 0 Å². The van der Waals surface area contributed by atoms with Crippen molar-refractivity contribution in [3.8, 4) is 11.5 Å². The van der Waals surface area contributed by atoms with Crippen LogP contribution in [0.2, 0.25) is 0 Å². The van der Waals surface area contributed by atoms with Crippen LogP contribution in [0.25, 0.3) is 0 Å². The van der Waals surface area contributed by atoms with Gasteiger partial charge in [0.05, 0.1) is 5.70 Å². The number of ether oxygens (including phenoxy) is 2. The number of rotatable bonds is 4. The first-order chi connectivity index (χ1) is 13.1. The third-order valence-electron chi connectivity index (χ3n) is 4.76. The summed E-state index contributed by atoms with van der Waals surface area (Å²) in [5, 5.41) is 4.47. The number of fused-ring (bicyclic) bond motifs is 2. The van der Waals surface area contributed by atoms with Gasteiger partial charge in [0.1, 0.15) is 12.6 Å². The average Bonchev–Trinajstić information content (AvgIpc) is 3.17. The van der Waals surface area contributed by atoms with E-state index in [1.165, 1.54) is 21.7 Å². The Hall–Kier alpha value is -2.72. The second-order valence-corrected chi connectivity index (χ2v) is 7.34. The Morgan fingerprint density at radius 1 is 1.26 bits per heavy atom. The van der Waals surface area contributed by atoms with Crippen molar-refractivity contribution < 1.29 is 23.9 Å². The first-order valence-electron chi connectivity index (χ1n) is 8.57. The molecule has 1 aliphatic carbocycles. The lowest BCUT2D eigenvalue weighted by atomic mass is 10.1. The van der Waals surface area contributed by atoms with Gasteiger partial charge < -0.3 is 14.8 Å². The highest BCUT2D eigenvalue weighted by atomic mass is 32.2. The molecule has 140 valence electrons. The van der Waals surface area contributed by atoms with Crippen LogP contribution in [0.3, 0.4) is 0 Å². The predicted octanol–water partition coefficient (Wildman–Crippen LogP) is 1.24. The monoisotopic (exact) mass is 388 g/mol. The molecule has 27 heavy (non-hydrogen) atoms. The Morgan fingerprint density at radius 3 is 2.89 bits per heavy atom. The lowest BCUT2D eigenvalue weighted by molar-refractivity contribution is -0.132. The van der Waals surface area contributed by atoms with Crippen LogP contribution in [-0.4, -0.2) is 53.1 Å². The molecular formula is C17H16N4O5S. The highest BCUT2D eigenvalue weighted by Crippen LogP contribution is 2.37. The molecule has 1 saturated carbocycles. The average molecular weight is 388 g/mol. The van der Waals surface area contributed by atoms with Crippen LogP contribution < -0.4 is 19.5 Å². The molecule has 0 radical (unpaired) electrons. The minimum atomic E-state index is -0.591. The molecule has 5 rings (SSSR count). The number of benzene rings is 1. The van der Waals surface area contributed by atoms with Gasteiger partial charge in [0.15, 0.2) is 11.5 Å². The van der Waals surface area contributed by atoms with E-state index in [4.69, 9.17) is 9.47 Å². The second kappa shape index (κ2) is 6.17. The number of imide groups is 1. The van der Waals surface area contributed by atoms with Gasteiger partial charge in [0, 0.05) is 23.2 Å². The topological polar surface area (TPSA) is 100 Å². The molecule has 10 heteroatoms. The molecule has 0 bridgehead atoms. The minimum absolute atomic E-state index is 0.0571. The molecule has 9 nitrogen and oxygen atoms in total. The summed E-state index contributed by atoms with van der Waals surface area (Å²) in [4.78, 5) is 40.6. The SMILES string of the molecule is O=C(CN1C(=O)N(C2CC2)C(=O)C2NSC=C21)Nc1ccc2c(c1)OCO2. The Morgan fingerprint density at radius 2 is 2.07 bits per heavy atom. The van der Waals surface area contributed by atoms with E-state index in [-0.39, 0.29) is 31.2 Å². The molecule has 1 aromatic carbocycles. The molecule has 0 aromatic heterocycles. The van der Waals surface area contributed by atoms with Gasteiger partial charge in [-0.15, -0.1) is 0 Å². The highest BCUT2D eigenvalue weighted by Gasteiger charge is 2.50. The van der Waals surface area contributed by atoms with Crippen LogP contribution in [0.5, 0.6) is 11.5 Å². The molecule has 2 fully saturated rings. The predicted molar refractivity (Wildman–Crippen MR) is 95.8 cm³/mol. The quantitative estimate of drug-likeness (QED) is 0.749. The molecule has 3 heterocycles. The minimum Gasteiger partial charge on any atom is -0.454 e. The van der Waals surface area contributed by atoms with Gasteiger partial charge in [0.2, 0.25) is 12.7 Å². The number of nitrogens with one attached hydrogen (secondary N) is 2. The maximum Gasteiger partial charge on any atom is 0.331 e. The van der Waals surface area contributed by atoms with Crippen LogP contribution in [0.4, 0.5) is 10.5 Å². The summed E-state index contributed by atoms with van der Waals surface area (Å²) in [6, 6.07) is 4.01. The molecular weight excluding hydrogens is 372 g/mol. The first-order valence-corrected chi connectivity index (χ1v) is 9.45. The zero-order valence-corrected chi connectivity index (χ0v) is 15.0. The first kappa shape index (κ1) is 16.5. The molecule has 2 N–H and O–H groups in total. The van der Waals surface area contributed by atoms with Crippen LogP contribution in [0.1, 0.15) is 12.8 Å². The zero-order valence-electron chi connectivity index (χ0n) is 14.1. The number of carbonyl (C=O) groups excluding carboxylic acids is 3. The van der Waals surface area contributed by atoms with E-state index in [9.17, 15) is 14.4 Å². The third-order valence-corrected chi connectivity index (χ3v) is 5.50. The molecule has 3 aliphatic heterocycles. The molecule has 1 aromatic rings. The Kier molecular flexibility index (Phi) is 3.76. The molecule has 4 aliphatic rings. The third kappa shape index (κ3) is 2.81. The number of nitrogens with zero attached hydrogens (tertiary/aromatic N) is 2. The van der Waals surface area contributed by atoms with Crippen LogP contribution in [-0.2, 0) is 9.59 Å². The fourth-order valence-corrected chi connectivity index (χ4v) is 4.12. The number of carbonyl (C=O) groups is 3. The summed E-state index contributed by atoms with van der Waals surface area (Å²) >= 11 is 1.25. The smallest absolute Gasteiger partial charge is 0.331 e. The number of urea groups is 1. The molecule has 0 spiro atoms. The van der Waals surface area contributed by atoms with Crippen molar-refractivity contribution in [1.29, 1.82) is 0 Å². The van der Waals surface area contributed by atoms with Gasteiger partial charge in [-0.25, -0.2) is 9.52 Å². The van der Waals surface area contributed by atoms with Crippen molar-refractivity contribution >= 4 is 35.5 Å². The van der Waals surface area contributed by atoms with E-state index >= 15 is 0 Å². The van der Waals surface area contributed by atoms with Crippen LogP contribution >= 0.6 is 11.9 Å². The van der Waals surface area contributed by atoms with Crippen molar-refractivity contribution in [3.05, 3.63) is 29.3 Å². The normalized spacial score (nSPS) is 23.4. The summed E-state index contributed by atoms with van der Waals surface area (Å²) in [6.07, 6.45) is 1.63. The van der Waals surface area contributed by atoms with Gasteiger partial charge in [-0.1, -0.05) is 11.9 Å². The van der Waals surface area contributed by atoms with E-state index in [1.54, 1.807) is 23.6 Å². The highest BCUT2D eigenvalue weighted by molar-refractivity contribution is 8.00. The lowest BCUT2D eigenvalue weighted by Gasteiger charge is -2.38. The van der Waals surface area contributed by atoms with E-state index in [0.29, 0.717) is 22.9 Å². The number of hydrogen-bond acceptors (Lipinski definition) is 7. The summed E-state index contributed by atoms with van der Waals surface area (Å²) in [5.74, 6) is 0.585. The Bertz CT molecular complexity index is 884. The van der Waals surface area contributed by atoms with E-state index in [0.717, 1.165) is 12.8 Å². The molecule has 1 saturated heterocycles. The maximum absolute atomic E-state index is 12.8. The van der Waals surface area contributed by atoms with Crippen molar-refractivity contribution in [2.75, 3.05) is 18.7 Å². The Labute approximate surface area is 158 Å². The van der Waals surface area contributed by atoms with Crippen LogP contribution in [0.15, 0.2) is 29.3 Å². The van der Waals surface area contributed by atoms with Gasteiger partial charge in [0.25, 0.3) is 5.91 Å². The summed E-state index contributed by atoms with van der Waals surface area (Å²) in [5.41, 5.74) is 1.07. The van der Waals surface area contributed by atoms with E-state index in [2.05, 4.69) is 10.0 Å². The van der Waals surface area contributed by atoms with Gasteiger partial charge >= 0.3 is 6.03 Å². The molecule has 1 unspecified atom stereocenters. The number of anilines is 1. The van der Waals surface area contributed by atoms with Crippen molar-refractivity contribution in [3.63, 3.8) is 0 Å². The summed E-state index contributed by atoms with van der Waals surface area (Å²) in [7, 11) is 0. The summed E-state index contributed by atoms with van der Waals surface area (Å²) < 4.78 is 13.6. The van der Waals surface area contributed by atoms with E-state index < -0.39 is 12.1 Å². The molecule has 1 atom stereocenters. The number of hydrogen-bond donors (Lipinski definition) is 2. The Balaban J connectivity index is 1.33. The van der Waals surface area contributed by atoms with Gasteiger partial charge in [-0.2, -0.15) is 0 Å². The van der Waals surface area contributed by atoms with Gasteiger partial charge in [-0.3, -0.25) is 19.4 Å². The van der Waals surface area contributed by atoms with Gasteiger partial charge in [-0.05, 0) is 25.0 Å². The van der Waals surface area contributed by atoms with Crippen molar-refractivity contribution in [2.45, 2.75) is 24.9 Å². The fraction of sp³-hybridized carbons (Fsp3) is 0.353. The standard InChI is InChI=1S/C17H16N4O5S/c22-14(18-9-1-4-12-13(5-9)26-8-25-12)6-20-11-7-27-19-15(11)16(23)21(17(20)24)10-2-3-10/h1,4-5,7,10,15,19H,2-3,6,8H2,(H,18,22). The fourth-order valence-electron chi connectivity index (χ4n) is 3.31.